The minimum absolute atomic E-state index is 0.0336. The number of fused-ring (bicyclic) bond motifs is 3. The fourth-order valence-electron chi connectivity index (χ4n) is 5.91. The van der Waals surface area contributed by atoms with Crippen molar-refractivity contribution in [3.8, 4) is 45.3 Å². The molecule has 4 aromatic carbocycles. The summed E-state index contributed by atoms with van der Waals surface area (Å²) in [6.45, 7) is 7.69. The van der Waals surface area contributed by atoms with Crippen molar-refractivity contribution in [2.45, 2.75) is 66.1 Å². The zero-order chi connectivity index (χ0) is 38.1. The first-order valence-electron chi connectivity index (χ1n) is 18.7. The van der Waals surface area contributed by atoms with Gasteiger partial charge in [-0.1, -0.05) is 77.9 Å². The van der Waals surface area contributed by atoms with Gasteiger partial charge in [-0.25, -0.2) is 4.98 Å². The van der Waals surface area contributed by atoms with E-state index < -0.39 is 13.7 Å². The molecule has 5 nitrogen and oxygen atoms in total. The topological polar surface area (TPSA) is 52.6 Å². The maximum Gasteiger partial charge on any atom is 0.225 e. The Morgan fingerprint density at radius 1 is 0.681 bits per heavy atom. The fourth-order valence-corrected chi connectivity index (χ4v) is 5.91. The second-order valence-electron chi connectivity index (χ2n) is 14.1. The third-order valence-electron chi connectivity index (χ3n) is 8.52. The highest BCUT2D eigenvalue weighted by molar-refractivity contribution is 5.82. The van der Waals surface area contributed by atoms with Gasteiger partial charge in [0, 0.05) is 25.5 Å². The van der Waals surface area contributed by atoms with Crippen molar-refractivity contribution in [2.24, 2.45) is 0 Å². The second-order valence-corrected chi connectivity index (χ2v) is 14.1. The molecule has 0 amide bonds. The van der Waals surface area contributed by atoms with Crippen LogP contribution in [-0.4, -0.2) is 14.4 Å². The molecule has 3 heterocycles. The van der Waals surface area contributed by atoms with Gasteiger partial charge in [-0.2, -0.15) is 0 Å². The summed E-state index contributed by atoms with van der Waals surface area (Å²) in [6, 6.07) is 27.4. The van der Waals surface area contributed by atoms with Gasteiger partial charge >= 0.3 is 0 Å². The van der Waals surface area contributed by atoms with E-state index in [9.17, 15) is 0 Å². The van der Waals surface area contributed by atoms with Gasteiger partial charge in [0.25, 0.3) is 0 Å². The molecule has 5 heteroatoms. The molecule has 0 aliphatic heterocycles. The third-order valence-corrected chi connectivity index (χ3v) is 8.52. The van der Waals surface area contributed by atoms with E-state index in [0.29, 0.717) is 39.9 Å². The van der Waals surface area contributed by atoms with Crippen LogP contribution in [0.25, 0.3) is 50.6 Å². The largest absolute Gasteiger partial charge is 0.457 e. The number of aryl methyl sites for hydroxylation is 2. The second kappa shape index (κ2) is 11.3. The zero-order valence-corrected chi connectivity index (χ0v) is 27.5. The van der Waals surface area contributed by atoms with Crippen LogP contribution in [0.1, 0.15) is 72.0 Å². The SMILES string of the molecule is [2H]C([2H])([2H])c1cccc(C([2H])([2H])[2H])c1-c1cc(Oc2cccc(-c3ncc4oc5cc(C(C)(C)C)ccc5n34)c2)cc(-c2cc(C(C)(C)C)ccn2)c1. The number of imidazole rings is 1. The molecular formula is C42H41N3O2. The van der Waals surface area contributed by atoms with Crippen LogP contribution in [0.4, 0.5) is 0 Å². The summed E-state index contributed by atoms with van der Waals surface area (Å²) in [6.07, 6.45) is 3.45. The molecule has 47 heavy (non-hydrogen) atoms. The maximum absolute atomic E-state index is 8.33. The molecular weight excluding hydrogens is 578 g/mol. The van der Waals surface area contributed by atoms with Gasteiger partial charge in [-0.05, 0) is 113 Å². The zero-order valence-electron chi connectivity index (χ0n) is 33.5. The summed E-state index contributed by atoms with van der Waals surface area (Å²) < 4.78 is 64.7. The minimum Gasteiger partial charge on any atom is -0.457 e. The van der Waals surface area contributed by atoms with Crippen LogP contribution >= 0.6 is 0 Å². The van der Waals surface area contributed by atoms with Crippen LogP contribution in [0.15, 0.2) is 108 Å². The van der Waals surface area contributed by atoms with E-state index in [1.807, 2.05) is 46.9 Å². The fraction of sp³-hybridized carbons (Fsp3) is 0.238. The number of nitrogens with zero attached hydrogens (tertiary/aromatic N) is 3. The molecule has 0 saturated heterocycles. The lowest BCUT2D eigenvalue weighted by Gasteiger charge is -2.20. The van der Waals surface area contributed by atoms with E-state index in [1.54, 1.807) is 24.5 Å². The van der Waals surface area contributed by atoms with Crippen molar-refractivity contribution >= 4 is 16.8 Å². The summed E-state index contributed by atoms with van der Waals surface area (Å²) in [5.41, 5.74) is 6.79. The van der Waals surface area contributed by atoms with Gasteiger partial charge in [-0.3, -0.25) is 9.38 Å². The molecule has 7 aromatic rings. The molecule has 0 atom stereocenters. The standard InChI is InChI=1S/C42H41N3O2/c1-26-11-9-12-27(2)39(26)30-19-29(35-23-32(17-18-43-35)42(6,7)8)21-34(22-30)46-33-14-10-13-28(20-33)40-44-25-38-45(40)36-16-15-31(41(3,4)5)24-37(36)47-38/h9-25H,1-8H3/i1D3,2D3. The van der Waals surface area contributed by atoms with Crippen LogP contribution in [0.3, 0.4) is 0 Å². The molecule has 0 bridgehead atoms. The molecule has 0 radical (unpaired) electrons. The Balaban J connectivity index is 1.37. The van der Waals surface area contributed by atoms with Crippen LogP contribution in [0.5, 0.6) is 11.5 Å². The van der Waals surface area contributed by atoms with Gasteiger partial charge < -0.3 is 9.15 Å². The molecule has 236 valence electrons. The molecule has 3 aromatic heterocycles. The summed E-state index contributed by atoms with van der Waals surface area (Å²) in [4.78, 5) is 9.36. The molecule has 0 fully saturated rings. The molecule has 0 spiro atoms. The summed E-state index contributed by atoms with van der Waals surface area (Å²) >= 11 is 0. The highest BCUT2D eigenvalue weighted by Gasteiger charge is 2.20. The van der Waals surface area contributed by atoms with Crippen molar-refractivity contribution in [3.05, 3.63) is 126 Å². The number of hydrogen-bond acceptors (Lipinski definition) is 4. The number of oxazole rings is 1. The number of aromatic nitrogens is 3. The molecule has 0 saturated carbocycles. The Morgan fingerprint density at radius 3 is 2.13 bits per heavy atom. The normalized spacial score (nSPS) is 14.7. The van der Waals surface area contributed by atoms with Crippen LogP contribution in [0, 0.1) is 13.7 Å². The van der Waals surface area contributed by atoms with Gasteiger partial charge in [0.15, 0.2) is 5.58 Å². The lowest BCUT2D eigenvalue weighted by molar-refractivity contribution is 0.483. The van der Waals surface area contributed by atoms with Crippen LogP contribution in [0.2, 0.25) is 0 Å². The van der Waals surface area contributed by atoms with Gasteiger partial charge in [0.05, 0.1) is 17.4 Å². The summed E-state index contributed by atoms with van der Waals surface area (Å²) in [5.74, 6) is 1.56. The third kappa shape index (κ3) is 5.83. The van der Waals surface area contributed by atoms with Crippen molar-refractivity contribution in [2.75, 3.05) is 0 Å². The average molecular weight is 626 g/mol. The van der Waals surface area contributed by atoms with Gasteiger partial charge in [0.2, 0.25) is 5.71 Å². The van der Waals surface area contributed by atoms with E-state index in [-0.39, 0.29) is 27.5 Å². The first-order chi connectivity index (χ1) is 24.8. The number of benzene rings is 4. The predicted octanol–water partition coefficient (Wildman–Crippen LogP) is 11.5. The van der Waals surface area contributed by atoms with E-state index >= 15 is 0 Å². The Hall–Kier alpha value is -5.16. The smallest absolute Gasteiger partial charge is 0.225 e. The Labute approximate surface area is 285 Å². The van der Waals surface area contributed by atoms with Crippen molar-refractivity contribution < 1.29 is 17.4 Å². The highest BCUT2D eigenvalue weighted by atomic mass is 16.5. The van der Waals surface area contributed by atoms with Crippen LogP contribution < -0.4 is 4.74 Å². The Kier molecular flexibility index (Phi) is 5.77. The highest BCUT2D eigenvalue weighted by Crippen LogP contribution is 2.38. The van der Waals surface area contributed by atoms with E-state index in [1.165, 1.54) is 23.8 Å². The number of hydrogen-bond donors (Lipinski definition) is 0. The molecule has 0 aliphatic rings. The summed E-state index contributed by atoms with van der Waals surface area (Å²) in [5, 5.41) is 0. The monoisotopic (exact) mass is 625 g/mol. The number of rotatable bonds is 5. The first kappa shape index (κ1) is 24.1. The van der Waals surface area contributed by atoms with Gasteiger partial charge in [0.1, 0.15) is 17.3 Å². The van der Waals surface area contributed by atoms with Gasteiger partial charge in [-0.15, -0.1) is 0 Å². The Bertz CT molecular complexity index is 2460. The average Bonchev–Trinajstić information content (AvgIpc) is 3.66. The van der Waals surface area contributed by atoms with Crippen molar-refractivity contribution in [3.63, 3.8) is 0 Å². The van der Waals surface area contributed by atoms with Crippen molar-refractivity contribution in [1.82, 2.24) is 14.4 Å². The maximum atomic E-state index is 8.33. The molecule has 7 rings (SSSR count). The molecule has 0 aliphatic carbocycles. The molecule has 0 unspecified atom stereocenters. The quantitative estimate of drug-likeness (QED) is 0.191. The summed E-state index contributed by atoms with van der Waals surface area (Å²) in [7, 11) is 0. The number of ether oxygens (including phenoxy) is 1. The number of pyridine rings is 1. The minimum atomic E-state index is -2.58. The Morgan fingerprint density at radius 2 is 1.38 bits per heavy atom. The van der Waals surface area contributed by atoms with E-state index in [2.05, 4.69) is 64.7 Å². The lowest BCUT2D eigenvalue weighted by atomic mass is 9.86. The van der Waals surface area contributed by atoms with E-state index in [0.717, 1.165) is 22.2 Å². The van der Waals surface area contributed by atoms with Crippen LogP contribution in [-0.2, 0) is 10.8 Å². The molecule has 0 N–H and O–H groups in total. The predicted molar refractivity (Wildman–Crippen MR) is 192 cm³/mol. The lowest BCUT2D eigenvalue weighted by Crippen LogP contribution is -2.11. The van der Waals surface area contributed by atoms with E-state index in [4.69, 9.17) is 22.4 Å². The van der Waals surface area contributed by atoms with Crippen molar-refractivity contribution in [1.29, 1.82) is 0 Å². The first-order valence-corrected chi connectivity index (χ1v) is 15.7.